The van der Waals surface area contributed by atoms with Crippen LogP contribution in [0.4, 0.5) is 5.69 Å². The molecule has 1 heterocycles. The normalized spacial score (nSPS) is 22.1. The molecule has 2 rings (SSSR count). The summed E-state index contributed by atoms with van der Waals surface area (Å²) in [6, 6.07) is 5.55. The Morgan fingerprint density at radius 1 is 1.47 bits per heavy atom. The van der Waals surface area contributed by atoms with Gasteiger partial charge in [0.05, 0.1) is 19.3 Å². The number of carbonyl (C=O) groups is 1. The van der Waals surface area contributed by atoms with Gasteiger partial charge in [0.25, 0.3) is 0 Å². The number of rotatable bonds is 3. The number of ether oxygens (including phenoxy) is 2. The highest BCUT2D eigenvalue weighted by atomic mass is 16.6. The van der Waals surface area contributed by atoms with Crippen molar-refractivity contribution < 1.29 is 14.3 Å². The molecule has 1 atom stereocenters. The second-order valence-electron chi connectivity index (χ2n) is 4.64. The van der Waals surface area contributed by atoms with Crippen LogP contribution in [0.5, 0.6) is 0 Å². The van der Waals surface area contributed by atoms with Crippen LogP contribution in [0, 0.1) is 0 Å². The maximum Gasteiger partial charge on any atom is 0.337 e. The van der Waals surface area contributed by atoms with E-state index < -0.39 is 0 Å². The first kappa shape index (κ1) is 11.9. The summed E-state index contributed by atoms with van der Waals surface area (Å²) >= 11 is 0. The molecule has 1 saturated heterocycles. The number of benzene rings is 1. The van der Waals surface area contributed by atoms with Gasteiger partial charge < -0.3 is 14.4 Å². The number of anilines is 1. The van der Waals surface area contributed by atoms with E-state index in [1.54, 1.807) is 6.07 Å². The third-order valence-corrected chi connectivity index (χ3v) is 3.05. The fourth-order valence-electron chi connectivity index (χ4n) is 1.86. The van der Waals surface area contributed by atoms with Gasteiger partial charge in [-0.25, -0.2) is 4.79 Å². The van der Waals surface area contributed by atoms with Gasteiger partial charge in [-0.05, 0) is 25.1 Å². The van der Waals surface area contributed by atoms with Crippen LogP contribution >= 0.6 is 0 Å². The average Bonchev–Trinajstić information content (AvgIpc) is 3.06. The van der Waals surface area contributed by atoms with Crippen LogP contribution in [-0.4, -0.2) is 33.8 Å². The number of carbonyl (C=O) groups excluding carboxylic acids is 1. The fourth-order valence-corrected chi connectivity index (χ4v) is 1.86. The van der Waals surface area contributed by atoms with E-state index in [4.69, 9.17) is 9.47 Å². The van der Waals surface area contributed by atoms with E-state index in [-0.39, 0.29) is 11.6 Å². The molecule has 92 valence electrons. The number of epoxide rings is 1. The van der Waals surface area contributed by atoms with E-state index in [0.29, 0.717) is 12.2 Å². The molecule has 0 radical (unpaired) electrons. The van der Waals surface area contributed by atoms with E-state index in [9.17, 15) is 4.79 Å². The third kappa shape index (κ3) is 2.13. The molecule has 17 heavy (non-hydrogen) atoms. The van der Waals surface area contributed by atoms with Crippen LogP contribution in [0.2, 0.25) is 0 Å². The molecule has 1 aliphatic heterocycles. The second kappa shape index (κ2) is 4.04. The Bertz CT molecular complexity index is 450. The second-order valence-corrected chi connectivity index (χ2v) is 4.64. The van der Waals surface area contributed by atoms with Crippen molar-refractivity contribution in [2.45, 2.75) is 12.5 Å². The summed E-state index contributed by atoms with van der Waals surface area (Å²) in [6.45, 7) is 2.72. The minimum absolute atomic E-state index is 0.260. The summed E-state index contributed by atoms with van der Waals surface area (Å²) in [5.74, 6) is -0.319. The van der Waals surface area contributed by atoms with E-state index in [1.165, 1.54) is 7.11 Å². The van der Waals surface area contributed by atoms with E-state index >= 15 is 0 Å². The predicted molar refractivity (Wildman–Crippen MR) is 65.4 cm³/mol. The lowest BCUT2D eigenvalue weighted by atomic mass is 9.97. The van der Waals surface area contributed by atoms with Gasteiger partial charge in [0.1, 0.15) is 5.60 Å². The van der Waals surface area contributed by atoms with Crippen LogP contribution in [0.1, 0.15) is 22.8 Å². The van der Waals surface area contributed by atoms with Gasteiger partial charge >= 0.3 is 5.97 Å². The Morgan fingerprint density at radius 2 is 2.12 bits per heavy atom. The monoisotopic (exact) mass is 235 g/mol. The van der Waals surface area contributed by atoms with Crippen molar-refractivity contribution in [3.63, 3.8) is 0 Å². The molecule has 0 spiro atoms. The number of hydrogen-bond donors (Lipinski definition) is 0. The maximum absolute atomic E-state index is 11.5. The number of hydrogen-bond acceptors (Lipinski definition) is 4. The SMILES string of the molecule is COC(=O)c1ccc(N(C)C)c(C2(C)CO2)c1. The maximum atomic E-state index is 11.5. The summed E-state index contributed by atoms with van der Waals surface area (Å²) in [4.78, 5) is 13.5. The molecule has 1 aromatic rings. The highest BCUT2D eigenvalue weighted by molar-refractivity contribution is 5.90. The zero-order chi connectivity index (χ0) is 12.6. The molecular weight excluding hydrogens is 218 g/mol. The molecule has 1 aliphatic rings. The Balaban J connectivity index is 2.47. The van der Waals surface area contributed by atoms with Gasteiger partial charge in [0, 0.05) is 25.3 Å². The zero-order valence-electron chi connectivity index (χ0n) is 10.6. The standard InChI is InChI=1S/C13H17NO3/c1-13(8-17-13)10-7-9(12(15)16-4)5-6-11(10)14(2)3/h5-7H,8H2,1-4H3. The van der Waals surface area contributed by atoms with Gasteiger partial charge in [-0.2, -0.15) is 0 Å². The molecule has 0 saturated carbocycles. The van der Waals surface area contributed by atoms with Crippen molar-refractivity contribution in [2.75, 3.05) is 32.7 Å². The van der Waals surface area contributed by atoms with Crippen molar-refractivity contribution in [1.29, 1.82) is 0 Å². The van der Waals surface area contributed by atoms with Crippen molar-refractivity contribution in [3.05, 3.63) is 29.3 Å². The first-order valence-corrected chi connectivity index (χ1v) is 5.52. The Kier molecular flexibility index (Phi) is 2.83. The van der Waals surface area contributed by atoms with Crippen LogP contribution in [-0.2, 0) is 15.1 Å². The number of esters is 1. The molecule has 4 nitrogen and oxygen atoms in total. The molecular formula is C13H17NO3. The summed E-state index contributed by atoms with van der Waals surface area (Å²) < 4.78 is 10.2. The molecule has 0 amide bonds. The molecule has 0 aromatic heterocycles. The quantitative estimate of drug-likeness (QED) is 0.591. The van der Waals surface area contributed by atoms with Gasteiger partial charge in [-0.1, -0.05) is 0 Å². The first-order chi connectivity index (χ1) is 7.98. The zero-order valence-corrected chi connectivity index (χ0v) is 10.6. The van der Waals surface area contributed by atoms with Crippen LogP contribution in [0.15, 0.2) is 18.2 Å². The molecule has 1 fully saturated rings. The van der Waals surface area contributed by atoms with Gasteiger partial charge in [0.15, 0.2) is 0 Å². The first-order valence-electron chi connectivity index (χ1n) is 5.52. The summed E-state index contributed by atoms with van der Waals surface area (Å²) in [5.41, 5.74) is 2.40. The molecule has 1 unspecified atom stereocenters. The smallest absolute Gasteiger partial charge is 0.337 e. The Morgan fingerprint density at radius 3 is 2.59 bits per heavy atom. The fraction of sp³-hybridized carbons (Fsp3) is 0.462. The van der Waals surface area contributed by atoms with Crippen molar-refractivity contribution in [1.82, 2.24) is 0 Å². The number of methoxy groups -OCH3 is 1. The summed E-state index contributed by atoms with van der Waals surface area (Å²) in [5, 5.41) is 0. The average molecular weight is 235 g/mol. The predicted octanol–water partition coefficient (Wildman–Crippen LogP) is 1.78. The highest BCUT2D eigenvalue weighted by Crippen LogP contribution is 2.42. The third-order valence-electron chi connectivity index (χ3n) is 3.05. The lowest BCUT2D eigenvalue weighted by Gasteiger charge is -2.20. The van der Waals surface area contributed by atoms with Gasteiger partial charge in [0.2, 0.25) is 0 Å². The molecule has 0 N–H and O–H groups in total. The van der Waals surface area contributed by atoms with Crippen molar-refractivity contribution >= 4 is 11.7 Å². The van der Waals surface area contributed by atoms with E-state index in [2.05, 4.69) is 0 Å². The molecule has 0 bridgehead atoms. The number of nitrogens with zero attached hydrogens (tertiary/aromatic N) is 1. The van der Waals surface area contributed by atoms with Crippen LogP contribution in [0.3, 0.4) is 0 Å². The van der Waals surface area contributed by atoms with Gasteiger partial charge in [-0.3, -0.25) is 0 Å². The minimum Gasteiger partial charge on any atom is -0.465 e. The molecule has 0 aliphatic carbocycles. The summed E-state index contributed by atoms with van der Waals surface area (Å²) in [7, 11) is 5.34. The van der Waals surface area contributed by atoms with E-state index in [0.717, 1.165) is 11.3 Å². The van der Waals surface area contributed by atoms with Crippen LogP contribution in [0.25, 0.3) is 0 Å². The molecule has 1 aromatic carbocycles. The van der Waals surface area contributed by atoms with Gasteiger partial charge in [-0.15, -0.1) is 0 Å². The van der Waals surface area contributed by atoms with Crippen molar-refractivity contribution in [2.24, 2.45) is 0 Å². The lowest BCUT2D eigenvalue weighted by molar-refractivity contribution is 0.0600. The Labute approximate surface area is 101 Å². The van der Waals surface area contributed by atoms with Crippen LogP contribution < -0.4 is 4.90 Å². The Hall–Kier alpha value is -1.55. The lowest BCUT2D eigenvalue weighted by Crippen LogP contribution is -2.16. The van der Waals surface area contributed by atoms with E-state index in [1.807, 2.05) is 38.1 Å². The molecule has 4 heteroatoms. The van der Waals surface area contributed by atoms with Crippen molar-refractivity contribution in [3.8, 4) is 0 Å². The minimum atomic E-state index is -0.319. The summed E-state index contributed by atoms with van der Waals surface area (Å²) in [6.07, 6.45) is 0. The largest absolute Gasteiger partial charge is 0.465 e. The topological polar surface area (TPSA) is 42.1 Å². The highest BCUT2D eigenvalue weighted by Gasteiger charge is 2.43.